The highest BCUT2D eigenvalue weighted by Gasteiger charge is 2.12. The number of nitrogens with zero attached hydrogens (tertiary/aromatic N) is 1. The molecule has 1 amide bonds. The van der Waals surface area contributed by atoms with Gasteiger partial charge < -0.3 is 11.1 Å². The lowest BCUT2D eigenvalue weighted by molar-refractivity contribution is 0.103. The van der Waals surface area contributed by atoms with E-state index in [2.05, 4.69) is 10.3 Å². The highest BCUT2D eigenvalue weighted by molar-refractivity contribution is 7.14. The largest absolute Gasteiger partial charge is 0.398 e. The maximum Gasteiger partial charge on any atom is 0.265 e. The Morgan fingerprint density at radius 3 is 2.85 bits per heavy atom. The molecule has 0 unspecified atom stereocenters. The van der Waals surface area contributed by atoms with Crippen LogP contribution in [0.5, 0.6) is 0 Å². The van der Waals surface area contributed by atoms with Gasteiger partial charge in [0.1, 0.15) is 0 Å². The van der Waals surface area contributed by atoms with Crippen LogP contribution >= 0.6 is 11.3 Å². The number of aromatic nitrogens is 1. The van der Waals surface area contributed by atoms with Crippen LogP contribution in [-0.4, -0.2) is 10.9 Å². The molecule has 2 heterocycles. The number of para-hydroxylation sites is 1. The van der Waals surface area contributed by atoms with Gasteiger partial charge in [0.05, 0.1) is 16.1 Å². The van der Waals surface area contributed by atoms with E-state index in [1.165, 1.54) is 11.3 Å². The molecule has 0 aliphatic carbocycles. The van der Waals surface area contributed by atoms with E-state index in [0.717, 1.165) is 15.8 Å². The smallest absolute Gasteiger partial charge is 0.265 e. The van der Waals surface area contributed by atoms with E-state index in [-0.39, 0.29) is 5.91 Å². The van der Waals surface area contributed by atoms with E-state index in [9.17, 15) is 4.79 Å². The van der Waals surface area contributed by atoms with Gasteiger partial charge in [0, 0.05) is 22.1 Å². The first-order valence-corrected chi connectivity index (χ1v) is 6.98. The molecular weight excluding hydrogens is 270 g/mol. The number of amides is 1. The van der Waals surface area contributed by atoms with E-state index in [1.54, 1.807) is 12.3 Å². The molecule has 5 heteroatoms. The average Bonchev–Trinajstić information content (AvgIpc) is 2.79. The number of nitrogens with one attached hydrogen (secondary N) is 1. The van der Waals surface area contributed by atoms with Crippen LogP contribution in [0.3, 0.4) is 0 Å². The molecule has 0 radical (unpaired) electrons. The lowest BCUT2D eigenvalue weighted by Crippen LogP contribution is -2.10. The zero-order valence-electron chi connectivity index (χ0n) is 10.9. The van der Waals surface area contributed by atoms with Crippen molar-refractivity contribution in [3.05, 3.63) is 52.3 Å². The molecule has 3 rings (SSSR count). The van der Waals surface area contributed by atoms with Crippen LogP contribution in [0.2, 0.25) is 0 Å². The van der Waals surface area contributed by atoms with Crippen molar-refractivity contribution < 1.29 is 4.79 Å². The highest BCUT2D eigenvalue weighted by Crippen LogP contribution is 2.26. The van der Waals surface area contributed by atoms with Crippen molar-refractivity contribution in [3.63, 3.8) is 0 Å². The third-order valence-electron chi connectivity index (χ3n) is 3.06. The Bertz CT molecular complexity index is 770. The maximum absolute atomic E-state index is 12.2. The Balaban J connectivity index is 1.95. The van der Waals surface area contributed by atoms with Gasteiger partial charge in [-0.05, 0) is 25.1 Å². The van der Waals surface area contributed by atoms with E-state index < -0.39 is 0 Å². The van der Waals surface area contributed by atoms with Crippen LogP contribution in [0.15, 0.2) is 42.6 Å². The van der Waals surface area contributed by atoms with Crippen molar-refractivity contribution in [2.24, 2.45) is 0 Å². The summed E-state index contributed by atoms with van der Waals surface area (Å²) in [6.07, 6.45) is 1.71. The van der Waals surface area contributed by atoms with Crippen LogP contribution < -0.4 is 11.1 Å². The van der Waals surface area contributed by atoms with Gasteiger partial charge in [-0.1, -0.05) is 18.2 Å². The topological polar surface area (TPSA) is 68.0 Å². The van der Waals surface area contributed by atoms with Crippen molar-refractivity contribution in [1.82, 2.24) is 4.98 Å². The zero-order chi connectivity index (χ0) is 14.1. The lowest BCUT2D eigenvalue weighted by atomic mass is 10.2. The molecule has 0 atom stereocenters. The van der Waals surface area contributed by atoms with Crippen molar-refractivity contribution in [2.45, 2.75) is 6.92 Å². The van der Waals surface area contributed by atoms with Crippen LogP contribution in [0, 0.1) is 6.92 Å². The van der Waals surface area contributed by atoms with Gasteiger partial charge in [-0.25, -0.2) is 0 Å². The average molecular weight is 283 g/mol. The Morgan fingerprint density at radius 2 is 2.10 bits per heavy atom. The molecule has 0 fully saturated rings. The minimum atomic E-state index is -0.159. The normalized spacial score (nSPS) is 10.7. The molecule has 2 aromatic heterocycles. The fourth-order valence-corrected chi connectivity index (χ4v) is 2.83. The number of anilines is 2. The predicted molar refractivity (Wildman–Crippen MR) is 83.2 cm³/mol. The molecule has 0 aliphatic rings. The van der Waals surface area contributed by atoms with E-state index in [1.807, 2.05) is 37.3 Å². The maximum atomic E-state index is 12.2. The number of aryl methyl sites for hydroxylation is 1. The van der Waals surface area contributed by atoms with Gasteiger partial charge in [-0.2, -0.15) is 0 Å². The number of rotatable bonds is 2. The van der Waals surface area contributed by atoms with Crippen molar-refractivity contribution in [3.8, 4) is 0 Å². The summed E-state index contributed by atoms with van der Waals surface area (Å²) in [7, 11) is 0. The Morgan fingerprint density at radius 1 is 1.30 bits per heavy atom. The lowest BCUT2D eigenvalue weighted by Gasteiger charge is -2.06. The Kier molecular flexibility index (Phi) is 3.12. The summed E-state index contributed by atoms with van der Waals surface area (Å²) < 4.78 is 0. The Hall–Kier alpha value is -2.40. The number of nitrogens with two attached hydrogens (primary N) is 1. The molecule has 3 aromatic rings. The number of carbonyl (C=O) groups is 1. The first-order chi connectivity index (χ1) is 9.65. The number of fused-ring (bicyclic) bond motifs is 1. The zero-order valence-corrected chi connectivity index (χ0v) is 11.7. The quantitative estimate of drug-likeness (QED) is 0.757. The van der Waals surface area contributed by atoms with Gasteiger partial charge in [0.25, 0.3) is 5.91 Å². The fraction of sp³-hybridized carbons (Fsp3) is 0.0667. The molecule has 0 saturated carbocycles. The number of hydrogen-bond acceptors (Lipinski definition) is 4. The predicted octanol–water partition coefficient (Wildman–Crippen LogP) is 3.44. The molecule has 3 N–H and O–H groups in total. The summed E-state index contributed by atoms with van der Waals surface area (Å²) in [6, 6.07) is 11.2. The SMILES string of the molecule is Cc1sc(C(=O)Nc2cccc3cccnc23)cc1N. The summed E-state index contributed by atoms with van der Waals surface area (Å²) in [6.45, 7) is 1.90. The van der Waals surface area contributed by atoms with Gasteiger partial charge in [-0.3, -0.25) is 9.78 Å². The summed E-state index contributed by atoms with van der Waals surface area (Å²) in [4.78, 5) is 18.1. The Labute approximate surface area is 120 Å². The van der Waals surface area contributed by atoms with Crippen molar-refractivity contribution in [2.75, 3.05) is 11.1 Å². The van der Waals surface area contributed by atoms with Crippen LogP contribution in [-0.2, 0) is 0 Å². The highest BCUT2D eigenvalue weighted by atomic mass is 32.1. The standard InChI is InChI=1S/C15H13N3OS/c1-9-11(16)8-13(20-9)15(19)18-12-6-2-4-10-5-3-7-17-14(10)12/h2-8H,16H2,1H3,(H,18,19). The van der Waals surface area contributed by atoms with Gasteiger partial charge in [0.15, 0.2) is 0 Å². The molecule has 20 heavy (non-hydrogen) atoms. The second kappa shape index (κ2) is 4.94. The number of nitrogen functional groups attached to an aromatic ring is 1. The number of benzene rings is 1. The molecule has 0 aliphatic heterocycles. The second-order valence-corrected chi connectivity index (χ2v) is 5.71. The summed E-state index contributed by atoms with van der Waals surface area (Å²) in [5.74, 6) is -0.159. The molecule has 0 spiro atoms. The monoisotopic (exact) mass is 283 g/mol. The van der Waals surface area contributed by atoms with Gasteiger partial charge in [-0.15, -0.1) is 11.3 Å². The minimum absolute atomic E-state index is 0.159. The molecular formula is C15H13N3OS. The first kappa shape index (κ1) is 12.6. The molecule has 0 bridgehead atoms. The van der Waals surface area contributed by atoms with Gasteiger partial charge in [0.2, 0.25) is 0 Å². The fourth-order valence-electron chi connectivity index (χ4n) is 2.00. The van der Waals surface area contributed by atoms with Crippen molar-refractivity contribution in [1.29, 1.82) is 0 Å². The number of carbonyl (C=O) groups excluding carboxylic acids is 1. The first-order valence-electron chi connectivity index (χ1n) is 6.16. The molecule has 100 valence electrons. The summed E-state index contributed by atoms with van der Waals surface area (Å²) in [5, 5.41) is 3.89. The minimum Gasteiger partial charge on any atom is -0.398 e. The summed E-state index contributed by atoms with van der Waals surface area (Å²) in [5.41, 5.74) is 7.92. The third kappa shape index (κ3) is 2.23. The molecule has 1 aromatic carbocycles. The third-order valence-corrected chi connectivity index (χ3v) is 4.13. The summed E-state index contributed by atoms with van der Waals surface area (Å²) >= 11 is 1.39. The second-order valence-electron chi connectivity index (χ2n) is 4.46. The number of thiophene rings is 1. The number of hydrogen-bond donors (Lipinski definition) is 2. The van der Waals surface area contributed by atoms with Crippen LogP contribution in [0.4, 0.5) is 11.4 Å². The van der Waals surface area contributed by atoms with Crippen molar-refractivity contribution >= 4 is 39.5 Å². The molecule has 0 saturated heterocycles. The molecule has 4 nitrogen and oxygen atoms in total. The van der Waals surface area contributed by atoms with E-state index in [4.69, 9.17) is 5.73 Å². The number of pyridine rings is 1. The van der Waals surface area contributed by atoms with Gasteiger partial charge >= 0.3 is 0 Å². The van der Waals surface area contributed by atoms with Crippen LogP contribution in [0.1, 0.15) is 14.5 Å². The van der Waals surface area contributed by atoms with E-state index >= 15 is 0 Å². The van der Waals surface area contributed by atoms with E-state index in [0.29, 0.717) is 16.3 Å². The van der Waals surface area contributed by atoms with Crippen LogP contribution in [0.25, 0.3) is 10.9 Å².